The number of anilines is 1. The fraction of sp³-hybridized carbons (Fsp3) is 0.500. The molecule has 0 saturated carbocycles. The van der Waals surface area contributed by atoms with E-state index in [0.717, 1.165) is 31.5 Å². The Balaban J connectivity index is 1.50. The van der Waals surface area contributed by atoms with Crippen molar-refractivity contribution in [1.29, 1.82) is 0 Å². The second-order valence-corrected chi connectivity index (χ2v) is 7.77. The average Bonchev–Trinajstić information content (AvgIpc) is 3.35. The van der Waals surface area contributed by atoms with E-state index in [0.29, 0.717) is 35.7 Å². The molecule has 1 atom stereocenters. The minimum atomic E-state index is 0.155. The SMILES string of the molecule is C#CCN(C)c1cnc(-c2noc(C3CCc4nnn(CC(C)C)c4C3)n2)cn1. The summed E-state index contributed by atoms with van der Waals surface area (Å²) in [5.41, 5.74) is 2.83. The molecule has 3 aromatic heterocycles. The normalized spacial score (nSPS) is 15.9. The lowest BCUT2D eigenvalue weighted by Crippen LogP contribution is -2.18. The summed E-state index contributed by atoms with van der Waals surface area (Å²) in [7, 11) is 1.87. The van der Waals surface area contributed by atoms with Gasteiger partial charge < -0.3 is 9.42 Å². The van der Waals surface area contributed by atoms with Gasteiger partial charge in [0, 0.05) is 25.9 Å². The minimum absolute atomic E-state index is 0.155. The van der Waals surface area contributed by atoms with Crippen LogP contribution in [0.15, 0.2) is 16.9 Å². The maximum absolute atomic E-state index is 5.57. The predicted molar refractivity (Wildman–Crippen MR) is 107 cm³/mol. The summed E-state index contributed by atoms with van der Waals surface area (Å²) >= 11 is 0. The molecule has 29 heavy (non-hydrogen) atoms. The molecule has 3 aromatic rings. The highest BCUT2D eigenvalue weighted by Crippen LogP contribution is 2.32. The third kappa shape index (κ3) is 3.97. The topological polar surface area (TPSA) is 98.7 Å². The van der Waals surface area contributed by atoms with Crippen molar-refractivity contribution >= 4 is 5.82 Å². The Morgan fingerprint density at radius 3 is 2.93 bits per heavy atom. The van der Waals surface area contributed by atoms with Gasteiger partial charge in [-0.05, 0) is 18.8 Å². The summed E-state index contributed by atoms with van der Waals surface area (Å²) in [5, 5.41) is 12.8. The summed E-state index contributed by atoms with van der Waals surface area (Å²) in [6, 6.07) is 0. The van der Waals surface area contributed by atoms with E-state index < -0.39 is 0 Å². The molecule has 0 aliphatic heterocycles. The molecule has 0 radical (unpaired) electrons. The van der Waals surface area contributed by atoms with Crippen LogP contribution in [0.3, 0.4) is 0 Å². The molecule has 0 bridgehead atoms. The lowest BCUT2D eigenvalue weighted by Gasteiger charge is -2.19. The van der Waals surface area contributed by atoms with Crippen molar-refractivity contribution in [1.82, 2.24) is 35.1 Å². The highest BCUT2D eigenvalue weighted by atomic mass is 16.5. The maximum atomic E-state index is 5.57. The van der Waals surface area contributed by atoms with Crippen LogP contribution in [0, 0.1) is 18.3 Å². The second kappa shape index (κ2) is 7.99. The van der Waals surface area contributed by atoms with Crippen molar-refractivity contribution < 1.29 is 4.52 Å². The molecule has 0 amide bonds. The van der Waals surface area contributed by atoms with Gasteiger partial charge in [-0.15, -0.1) is 11.5 Å². The van der Waals surface area contributed by atoms with E-state index in [1.807, 2.05) is 16.6 Å². The zero-order chi connectivity index (χ0) is 20.4. The molecule has 0 fully saturated rings. The zero-order valence-electron chi connectivity index (χ0n) is 16.9. The smallest absolute Gasteiger partial charge is 0.230 e. The maximum Gasteiger partial charge on any atom is 0.230 e. The third-order valence-corrected chi connectivity index (χ3v) is 5.00. The van der Waals surface area contributed by atoms with E-state index in [-0.39, 0.29) is 5.92 Å². The predicted octanol–water partition coefficient (Wildman–Crippen LogP) is 2.12. The Bertz CT molecular complexity index is 1010. The van der Waals surface area contributed by atoms with Crippen LogP contribution in [0.5, 0.6) is 0 Å². The van der Waals surface area contributed by atoms with Crippen molar-refractivity contribution in [3.63, 3.8) is 0 Å². The number of hydrogen-bond donors (Lipinski definition) is 0. The molecule has 150 valence electrons. The average molecular weight is 392 g/mol. The Morgan fingerprint density at radius 2 is 2.21 bits per heavy atom. The molecule has 4 rings (SSSR count). The summed E-state index contributed by atoms with van der Waals surface area (Å²) in [6.45, 7) is 5.68. The fourth-order valence-electron chi connectivity index (χ4n) is 3.49. The zero-order valence-corrected chi connectivity index (χ0v) is 16.9. The fourth-order valence-corrected chi connectivity index (χ4v) is 3.49. The minimum Gasteiger partial charge on any atom is -0.347 e. The van der Waals surface area contributed by atoms with Gasteiger partial charge in [-0.1, -0.05) is 30.1 Å². The van der Waals surface area contributed by atoms with Crippen molar-refractivity contribution in [3.8, 4) is 23.9 Å². The van der Waals surface area contributed by atoms with Crippen molar-refractivity contribution in [2.45, 2.75) is 45.6 Å². The van der Waals surface area contributed by atoms with Crippen molar-refractivity contribution in [3.05, 3.63) is 29.7 Å². The molecule has 1 unspecified atom stereocenters. The standard InChI is InChI=1S/C20H24N8O/c1-5-8-27(4)18-11-21-16(10-22-18)19-23-20(29-25-19)14-6-7-15-17(9-14)28(26-24-15)12-13(2)3/h1,10-11,13-14H,6-9,12H2,2-4H3. The molecule has 3 heterocycles. The lowest BCUT2D eigenvalue weighted by molar-refractivity contribution is 0.335. The molecule has 0 N–H and O–H groups in total. The summed E-state index contributed by atoms with van der Waals surface area (Å²) in [4.78, 5) is 15.2. The van der Waals surface area contributed by atoms with Gasteiger partial charge in [0.15, 0.2) is 0 Å². The van der Waals surface area contributed by atoms with E-state index >= 15 is 0 Å². The number of aromatic nitrogens is 7. The third-order valence-electron chi connectivity index (χ3n) is 5.00. The molecular formula is C20H24N8O. The highest BCUT2D eigenvalue weighted by molar-refractivity contribution is 5.49. The van der Waals surface area contributed by atoms with Crippen LogP contribution in [0.4, 0.5) is 5.82 Å². The first-order chi connectivity index (χ1) is 14.0. The van der Waals surface area contributed by atoms with Crippen LogP contribution in [0.1, 0.15) is 43.5 Å². The van der Waals surface area contributed by atoms with E-state index in [9.17, 15) is 0 Å². The van der Waals surface area contributed by atoms with Crippen LogP contribution in [-0.2, 0) is 19.4 Å². The number of aryl methyl sites for hydroxylation is 1. The van der Waals surface area contributed by atoms with Gasteiger partial charge in [-0.3, -0.25) is 0 Å². The quantitative estimate of drug-likeness (QED) is 0.588. The first kappa shape index (κ1) is 19.1. The second-order valence-electron chi connectivity index (χ2n) is 7.77. The van der Waals surface area contributed by atoms with Crippen molar-refractivity contribution in [2.24, 2.45) is 5.92 Å². The van der Waals surface area contributed by atoms with E-state index in [2.05, 4.69) is 50.2 Å². The first-order valence-electron chi connectivity index (χ1n) is 9.77. The van der Waals surface area contributed by atoms with E-state index in [1.165, 1.54) is 5.69 Å². The largest absolute Gasteiger partial charge is 0.347 e. The monoisotopic (exact) mass is 392 g/mol. The molecular weight excluding hydrogens is 368 g/mol. The van der Waals surface area contributed by atoms with Gasteiger partial charge in [-0.2, -0.15) is 4.98 Å². The molecule has 0 aromatic carbocycles. The molecule has 9 nitrogen and oxygen atoms in total. The van der Waals surface area contributed by atoms with Gasteiger partial charge in [0.1, 0.15) is 11.5 Å². The van der Waals surface area contributed by atoms with Gasteiger partial charge in [0.05, 0.1) is 30.3 Å². The first-order valence-corrected chi connectivity index (χ1v) is 9.77. The van der Waals surface area contributed by atoms with Crippen LogP contribution in [0.25, 0.3) is 11.5 Å². The number of rotatable bonds is 6. The molecule has 0 spiro atoms. The number of hydrogen-bond acceptors (Lipinski definition) is 8. The van der Waals surface area contributed by atoms with Gasteiger partial charge in [0.25, 0.3) is 0 Å². The van der Waals surface area contributed by atoms with E-state index in [1.54, 1.807) is 12.4 Å². The summed E-state index contributed by atoms with van der Waals surface area (Å²) < 4.78 is 7.59. The molecule has 1 aliphatic carbocycles. The van der Waals surface area contributed by atoms with Crippen molar-refractivity contribution in [2.75, 3.05) is 18.5 Å². The van der Waals surface area contributed by atoms with Gasteiger partial charge in [0.2, 0.25) is 11.7 Å². The van der Waals surface area contributed by atoms with Crippen LogP contribution in [-0.4, -0.2) is 48.7 Å². The molecule has 0 saturated heterocycles. The van der Waals surface area contributed by atoms with Gasteiger partial charge >= 0.3 is 0 Å². The van der Waals surface area contributed by atoms with Gasteiger partial charge in [-0.25, -0.2) is 14.6 Å². The van der Waals surface area contributed by atoms with Crippen LogP contribution >= 0.6 is 0 Å². The Hall–Kier alpha value is -3.28. The summed E-state index contributed by atoms with van der Waals surface area (Å²) in [5.74, 6) is 5.01. The molecule has 1 aliphatic rings. The Kier molecular flexibility index (Phi) is 5.25. The highest BCUT2D eigenvalue weighted by Gasteiger charge is 2.29. The van der Waals surface area contributed by atoms with Crippen LogP contribution < -0.4 is 4.90 Å². The number of terminal acetylenes is 1. The Morgan fingerprint density at radius 1 is 1.34 bits per heavy atom. The summed E-state index contributed by atoms with van der Waals surface area (Å²) in [6.07, 6.45) is 11.2. The van der Waals surface area contributed by atoms with Crippen LogP contribution in [0.2, 0.25) is 0 Å². The molecule has 9 heteroatoms. The lowest BCUT2D eigenvalue weighted by atomic mass is 9.89. The number of fused-ring (bicyclic) bond motifs is 1. The number of nitrogens with zero attached hydrogens (tertiary/aromatic N) is 8. The Labute approximate surface area is 169 Å². The van der Waals surface area contributed by atoms with E-state index in [4.69, 9.17) is 10.9 Å².